The standard InChI is InChI=1S/C19H22N2/c1-15(20(2)3)14-21-18-10-6-4-8-16(18)12-13-17-9-5-7-11-19(17)21/h4-13,15H,14H2,1-3H3. The molecule has 0 N–H and O–H groups in total. The van der Waals surface area contributed by atoms with Crippen molar-refractivity contribution in [3.8, 4) is 0 Å². The molecule has 1 aliphatic heterocycles. The van der Waals surface area contributed by atoms with Crippen LogP contribution in [-0.2, 0) is 0 Å². The molecule has 3 rings (SSSR count). The molecule has 2 aromatic rings. The third-order valence-corrected chi connectivity index (χ3v) is 4.23. The van der Waals surface area contributed by atoms with Crippen LogP contribution >= 0.6 is 0 Å². The highest BCUT2D eigenvalue weighted by atomic mass is 15.2. The van der Waals surface area contributed by atoms with Crippen LogP contribution in [0.2, 0.25) is 0 Å². The summed E-state index contributed by atoms with van der Waals surface area (Å²) in [4.78, 5) is 4.71. The van der Waals surface area contributed by atoms with Crippen molar-refractivity contribution in [1.29, 1.82) is 0 Å². The summed E-state index contributed by atoms with van der Waals surface area (Å²) in [5.74, 6) is 0. The molecule has 1 unspecified atom stereocenters. The quantitative estimate of drug-likeness (QED) is 0.827. The number of benzene rings is 2. The number of hydrogen-bond acceptors (Lipinski definition) is 2. The molecular weight excluding hydrogens is 256 g/mol. The minimum atomic E-state index is 0.476. The molecule has 2 nitrogen and oxygen atoms in total. The van der Waals surface area contributed by atoms with Crippen LogP contribution < -0.4 is 4.90 Å². The number of hydrogen-bond donors (Lipinski definition) is 0. The molecule has 0 bridgehead atoms. The summed E-state index contributed by atoms with van der Waals surface area (Å²) in [6.45, 7) is 3.24. The van der Waals surface area contributed by atoms with Crippen molar-refractivity contribution in [3.05, 3.63) is 59.7 Å². The first-order valence-corrected chi connectivity index (χ1v) is 7.47. The van der Waals surface area contributed by atoms with Gasteiger partial charge in [-0.05, 0) is 44.3 Å². The van der Waals surface area contributed by atoms with Gasteiger partial charge in [-0.25, -0.2) is 0 Å². The predicted molar refractivity (Wildman–Crippen MR) is 92.0 cm³/mol. The Hall–Kier alpha value is -2.06. The van der Waals surface area contributed by atoms with Crippen LogP contribution in [0.25, 0.3) is 12.2 Å². The molecule has 0 saturated heterocycles. The van der Waals surface area contributed by atoms with Gasteiger partial charge < -0.3 is 9.80 Å². The van der Waals surface area contributed by atoms with Crippen LogP contribution in [0.5, 0.6) is 0 Å². The molecule has 0 fully saturated rings. The van der Waals surface area contributed by atoms with E-state index in [2.05, 4.69) is 91.5 Å². The monoisotopic (exact) mass is 278 g/mol. The maximum atomic E-state index is 2.44. The van der Waals surface area contributed by atoms with Gasteiger partial charge in [0, 0.05) is 24.0 Å². The van der Waals surface area contributed by atoms with Gasteiger partial charge >= 0.3 is 0 Å². The van der Waals surface area contributed by atoms with Crippen molar-refractivity contribution in [2.75, 3.05) is 25.5 Å². The first-order chi connectivity index (χ1) is 10.2. The fourth-order valence-electron chi connectivity index (χ4n) is 2.68. The van der Waals surface area contributed by atoms with Crippen LogP contribution in [0.15, 0.2) is 48.5 Å². The molecular formula is C19H22N2. The minimum Gasteiger partial charge on any atom is -0.339 e. The van der Waals surface area contributed by atoms with Crippen molar-refractivity contribution in [3.63, 3.8) is 0 Å². The maximum Gasteiger partial charge on any atom is 0.0485 e. The van der Waals surface area contributed by atoms with Gasteiger partial charge in [0.1, 0.15) is 0 Å². The van der Waals surface area contributed by atoms with E-state index in [-0.39, 0.29) is 0 Å². The highest BCUT2D eigenvalue weighted by Crippen LogP contribution is 2.36. The summed E-state index contributed by atoms with van der Waals surface area (Å²) < 4.78 is 0. The molecule has 21 heavy (non-hydrogen) atoms. The van der Waals surface area contributed by atoms with Crippen LogP contribution in [-0.4, -0.2) is 31.6 Å². The molecule has 0 amide bonds. The molecule has 2 heteroatoms. The average molecular weight is 278 g/mol. The third kappa shape index (κ3) is 2.72. The molecule has 0 radical (unpaired) electrons. The number of nitrogens with zero attached hydrogens (tertiary/aromatic N) is 2. The lowest BCUT2D eigenvalue weighted by Crippen LogP contribution is -2.36. The lowest BCUT2D eigenvalue weighted by Gasteiger charge is -2.32. The summed E-state index contributed by atoms with van der Waals surface area (Å²) in [6.07, 6.45) is 4.43. The van der Waals surface area contributed by atoms with Crippen LogP contribution in [0.4, 0.5) is 11.4 Å². The minimum absolute atomic E-state index is 0.476. The Morgan fingerprint density at radius 1 is 0.857 bits per heavy atom. The Balaban J connectivity index is 2.10. The van der Waals surface area contributed by atoms with E-state index in [1.54, 1.807) is 0 Å². The average Bonchev–Trinajstić information content (AvgIpc) is 2.65. The third-order valence-electron chi connectivity index (χ3n) is 4.23. The predicted octanol–water partition coefficient (Wildman–Crippen LogP) is 4.26. The fraction of sp³-hybridized carbons (Fsp3) is 0.263. The van der Waals surface area contributed by atoms with Crippen molar-refractivity contribution >= 4 is 23.5 Å². The normalized spacial score (nSPS) is 14.6. The summed E-state index contributed by atoms with van der Waals surface area (Å²) >= 11 is 0. The van der Waals surface area contributed by atoms with E-state index in [1.807, 2.05) is 0 Å². The molecule has 1 heterocycles. The zero-order valence-electron chi connectivity index (χ0n) is 13.0. The summed E-state index contributed by atoms with van der Waals surface area (Å²) in [7, 11) is 4.27. The van der Waals surface area contributed by atoms with Crippen molar-refractivity contribution < 1.29 is 0 Å². The van der Waals surface area contributed by atoms with Gasteiger partial charge in [-0.15, -0.1) is 0 Å². The van der Waals surface area contributed by atoms with Gasteiger partial charge in [0.15, 0.2) is 0 Å². The van der Waals surface area contributed by atoms with E-state index in [0.717, 1.165) is 6.54 Å². The van der Waals surface area contributed by atoms with E-state index in [0.29, 0.717) is 6.04 Å². The van der Waals surface area contributed by atoms with Gasteiger partial charge in [0.2, 0.25) is 0 Å². The van der Waals surface area contributed by atoms with Crippen molar-refractivity contribution in [1.82, 2.24) is 4.90 Å². The van der Waals surface area contributed by atoms with E-state index >= 15 is 0 Å². The van der Waals surface area contributed by atoms with Crippen LogP contribution in [0, 0.1) is 0 Å². The van der Waals surface area contributed by atoms with Crippen molar-refractivity contribution in [2.45, 2.75) is 13.0 Å². The molecule has 1 atom stereocenters. The zero-order valence-corrected chi connectivity index (χ0v) is 13.0. The Labute approximate surface area is 127 Å². The Kier molecular flexibility index (Phi) is 3.80. The largest absolute Gasteiger partial charge is 0.339 e. The fourth-order valence-corrected chi connectivity index (χ4v) is 2.68. The second-order valence-electron chi connectivity index (χ2n) is 5.87. The molecule has 0 spiro atoms. The van der Waals surface area contributed by atoms with E-state index < -0.39 is 0 Å². The van der Waals surface area contributed by atoms with E-state index in [9.17, 15) is 0 Å². The SMILES string of the molecule is CC(CN1c2ccccc2C=Cc2ccccc21)N(C)C. The molecule has 1 aliphatic rings. The summed E-state index contributed by atoms with van der Waals surface area (Å²) in [5.41, 5.74) is 5.12. The number of likely N-dealkylation sites (N-methyl/N-ethyl adjacent to an activating group) is 1. The highest BCUT2D eigenvalue weighted by Gasteiger charge is 2.20. The van der Waals surface area contributed by atoms with Gasteiger partial charge in [-0.1, -0.05) is 48.6 Å². The number of rotatable bonds is 3. The van der Waals surface area contributed by atoms with Crippen LogP contribution in [0.3, 0.4) is 0 Å². The second kappa shape index (κ2) is 5.74. The molecule has 0 saturated carbocycles. The highest BCUT2D eigenvalue weighted by molar-refractivity contribution is 5.88. The first kappa shape index (κ1) is 13.9. The zero-order chi connectivity index (χ0) is 14.8. The Morgan fingerprint density at radius 3 is 1.81 bits per heavy atom. The smallest absolute Gasteiger partial charge is 0.0485 e. The van der Waals surface area contributed by atoms with E-state index in [1.165, 1.54) is 22.5 Å². The molecule has 108 valence electrons. The number of fused-ring (bicyclic) bond motifs is 2. The number of para-hydroxylation sites is 2. The molecule has 0 aromatic heterocycles. The van der Waals surface area contributed by atoms with Gasteiger partial charge in [0.25, 0.3) is 0 Å². The second-order valence-corrected chi connectivity index (χ2v) is 5.87. The first-order valence-electron chi connectivity index (χ1n) is 7.47. The van der Waals surface area contributed by atoms with Crippen LogP contribution in [0.1, 0.15) is 18.1 Å². The lowest BCUT2D eigenvalue weighted by molar-refractivity contribution is 0.319. The van der Waals surface area contributed by atoms with Gasteiger partial charge in [0.05, 0.1) is 0 Å². The van der Waals surface area contributed by atoms with E-state index in [4.69, 9.17) is 0 Å². The Bertz CT molecular complexity index is 609. The molecule has 0 aliphatic carbocycles. The maximum absolute atomic E-state index is 2.44. The lowest BCUT2D eigenvalue weighted by atomic mass is 10.1. The number of anilines is 2. The Morgan fingerprint density at radius 2 is 1.33 bits per heavy atom. The van der Waals surface area contributed by atoms with Crippen molar-refractivity contribution in [2.24, 2.45) is 0 Å². The molecule has 2 aromatic carbocycles. The summed E-state index contributed by atoms with van der Waals surface area (Å²) in [6, 6.07) is 17.7. The van der Waals surface area contributed by atoms with Gasteiger partial charge in [-0.2, -0.15) is 0 Å². The topological polar surface area (TPSA) is 6.48 Å². The summed E-state index contributed by atoms with van der Waals surface area (Å²) in [5, 5.41) is 0. The van der Waals surface area contributed by atoms with Gasteiger partial charge in [-0.3, -0.25) is 0 Å².